The van der Waals surface area contributed by atoms with Crippen molar-refractivity contribution >= 4 is 56.0 Å². The molecule has 16 heteroatoms. The van der Waals surface area contributed by atoms with Crippen molar-refractivity contribution in [3.63, 3.8) is 0 Å². The summed E-state index contributed by atoms with van der Waals surface area (Å²) in [7, 11) is -1.39. The third-order valence-corrected chi connectivity index (χ3v) is 18.7. The van der Waals surface area contributed by atoms with Gasteiger partial charge in [0, 0.05) is 58.4 Å². The maximum Gasteiger partial charge on any atom is 0.248 e. The molecule has 12 nitrogen and oxygen atoms in total. The Labute approximate surface area is 361 Å². The van der Waals surface area contributed by atoms with E-state index in [1.807, 2.05) is 20.0 Å². The molecule has 0 spiro atoms. The third-order valence-electron chi connectivity index (χ3n) is 11.4. The van der Waals surface area contributed by atoms with Crippen molar-refractivity contribution in [2.24, 2.45) is 7.05 Å². The molecule has 0 bridgehead atoms. The number of likely N-dealkylation sites (N-methyl/N-ethyl adjacent to an activating group) is 1. The molecule has 0 radical (unpaired) electrons. The molecule has 4 heterocycles. The zero-order valence-electron chi connectivity index (χ0n) is 37.0. The van der Waals surface area contributed by atoms with E-state index in [1.54, 1.807) is 27.7 Å². The minimum absolute atomic E-state index is 0.0247. The van der Waals surface area contributed by atoms with Crippen LogP contribution >= 0.6 is 22.6 Å². The molecule has 1 aliphatic rings. The maximum atomic E-state index is 16.1. The molecule has 1 aromatic carbocycles. The SMILES string of the molecule is C=Cc1nn(C2CCCCO2)c2cc(F)c(-c3cnn(C)c3OC(C)CN(CC)Cc3c(I)c(OCOCC[Si](C)(C)C)nn3C(C)CO[Si](C)(C)C(C)(C)C)cc12. The Hall–Kier alpha value is -2.62. The van der Waals surface area contributed by atoms with E-state index in [9.17, 15) is 0 Å². The van der Waals surface area contributed by atoms with Crippen LogP contribution in [0.4, 0.5) is 4.39 Å². The number of aromatic nitrogens is 6. The summed E-state index contributed by atoms with van der Waals surface area (Å²) in [5.41, 5.74) is 3.38. The molecule has 1 saturated heterocycles. The van der Waals surface area contributed by atoms with Crippen LogP contribution in [0.5, 0.6) is 11.8 Å². The predicted octanol–water partition coefficient (Wildman–Crippen LogP) is 10.3. The van der Waals surface area contributed by atoms with E-state index in [0.29, 0.717) is 67.0 Å². The molecule has 4 aromatic rings. The van der Waals surface area contributed by atoms with Gasteiger partial charge in [0.25, 0.3) is 0 Å². The van der Waals surface area contributed by atoms with Crippen LogP contribution in [-0.2, 0) is 27.5 Å². The van der Waals surface area contributed by atoms with E-state index in [4.69, 9.17) is 33.6 Å². The minimum Gasteiger partial charge on any atom is -0.473 e. The van der Waals surface area contributed by atoms with Crippen LogP contribution in [0.3, 0.4) is 0 Å². The molecule has 0 amide bonds. The quantitative estimate of drug-likeness (QED) is 0.0371. The van der Waals surface area contributed by atoms with E-state index in [-0.39, 0.29) is 36.0 Å². The summed E-state index contributed by atoms with van der Waals surface area (Å²) < 4.78 is 54.0. The summed E-state index contributed by atoms with van der Waals surface area (Å²) in [6.07, 6.45) is 5.77. The largest absolute Gasteiger partial charge is 0.473 e. The fraction of sp³-hybridized carbons (Fsp3) is 0.643. The first-order valence-corrected chi connectivity index (χ1v) is 28.4. The van der Waals surface area contributed by atoms with Crippen LogP contribution in [0.1, 0.15) is 84.5 Å². The normalized spacial score (nSPS) is 16.6. The predicted molar refractivity (Wildman–Crippen MR) is 244 cm³/mol. The summed E-state index contributed by atoms with van der Waals surface area (Å²) in [5.74, 6) is 0.679. The van der Waals surface area contributed by atoms with E-state index in [0.717, 1.165) is 46.5 Å². The van der Waals surface area contributed by atoms with Gasteiger partial charge in [0.15, 0.2) is 21.3 Å². The molecule has 0 saturated carbocycles. The Bertz CT molecular complexity index is 2000. The molecule has 0 N–H and O–H groups in total. The van der Waals surface area contributed by atoms with Crippen molar-refractivity contribution in [1.29, 1.82) is 0 Å². The topological polar surface area (TPSA) is 103 Å². The molecule has 0 aliphatic carbocycles. The third kappa shape index (κ3) is 11.2. The van der Waals surface area contributed by atoms with Gasteiger partial charge in [-0.1, -0.05) is 53.9 Å². The monoisotopic (exact) mass is 951 g/mol. The first-order valence-electron chi connectivity index (χ1n) is 20.7. The van der Waals surface area contributed by atoms with E-state index < -0.39 is 16.4 Å². The first kappa shape index (κ1) is 46.4. The molecule has 58 heavy (non-hydrogen) atoms. The number of nitrogens with zero attached hydrogens (tertiary/aromatic N) is 7. The van der Waals surface area contributed by atoms with Gasteiger partial charge in [0.2, 0.25) is 11.8 Å². The van der Waals surface area contributed by atoms with Crippen LogP contribution < -0.4 is 9.47 Å². The lowest BCUT2D eigenvalue weighted by molar-refractivity contribution is -0.0367. The van der Waals surface area contributed by atoms with Crippen molar-refractivity contribution in [1.82, 2.24) is 34.2 Å². The summed E-state index contributed by atoms with van der Waals surface area (Å²) in [5, 5.41) is 15.2. The highest BCUT2D eigenvalue weighted by molar-refractivity contribution is 14.1. The minimum atomic E-state index is -1.99. The van der Waals surface area contributed by atoms with Crippen LogP contribution in [0.25, 0.3) is 28.1 Å². The molecule has 3 atom stereocenters. The van der Waals surface area contributed by atoms with Crippen molar-refractivity contribution < 1.29 is 27.8 Å². The Morgan fingerprint density at radius 2 is 1.86 bits per heavy atom. The highest BCUT2D eigenvalue weighted by Crippen LogP contribution is 2.39. The Morgan fingerprint density at radius 3 is 2.50 bits per heavy atom. The summed E-state index contributed by atoms with van der Waals surface area (Å²) in [4.78, 5) is 2.33. The van der Waals surface area contributed by atoms with E-state index in [1.165, 1.54) is 0 Å². The number of ether oxygens (including phenoxy) is 4. The molecule has 1 fully saturated rings. The molecule has 5 rings (SSSR count). The van der Waals surface area contributed by atoms with Gasteiger partial charge in [0.1, 0.15) is 11.9 Å². The second-order valence-electron chi connectivity index (χ2n) is 18.4. The first-order chi connectivity index (χ1) is 27.2. The average Bonchev–Trinajstić information content (AvgIpc) is 3.81. The van der Waals surface area contributed by atoms with Crippen molar-refractivity contribution in [2.45, 2.75) is 130 Å². The van der Waals surface area contributed by atoms with Gasteiger partial charge in [-0.2, -0.15) is 10.2 Å². The second-order valence-corrected chi connectivity index (χ2v) is 29.9. The van der Waals surface area contributed by atoms with E-state index in [2.05, 4.69) is 111 Å². The standard InChI is InChI=1S/C42H67FIN7O5Si2/c1-14-35-32-22-31(34(43)23-36(32)51(46-35)38-18-16-17-19-53-38)33-24-45-48(8)41(33)56-30(4)25-49(15-2)26-37-39(44)40(54-28-52-20-21-57(9,10)11)47-50(37)29(3)27-55-58(12,13)42(5,6)7/h14,22-24,29-30,38H,1,15-21,25-28H2,2-13H3. The van der Waals surface area contributed by atoms with Gasteiger partial charge in [-0.3, -0.25) is 9.58 Å². The van der Waals surface area contributed by atoms with Crippen LogP contribution in [0.15, 0.2) is 24.9 Å². The zero-order valence-corrected chi connectivity index (χ0v) is 41.1. The molecular weight excluding hydrogens is 885 g/mol. The lowest BCUT2D eigenvalue weighted by Gasteiger charge is -2.37. The zero-order chi connectivity index (χ0) is 42.6. The molecule has 3 aromatic heterocycles. The summed E-state index contributed by atoms with van der Waals surface area (Å²) in [6.45, 7) is 32.7. The van der Waals surface area contributed by atoms with E-state index >= 15 is 4.39 Å². The van der Waals surface area contributed by atoms with Crippen molar-refractivity contribution in [2.75, 3.05) is 39.7 Å². The highest BCUT2D eigenvalue weighted by atomic mass is 127. The molecule has 1 aliphatic heterocycles. The van der Waals surface area contributed by atoms with Crippen molar-refractivity contribution in [3.8, 4) is 22.9 Å². The van der Waals surface area contributed by atoms with Crippen LogP contribution in [0.2, 0.25) is 43.8 Å². The molecule has 322 valence electrons. The van der Waals surface area contributed by atoms with Gasteiger partial charge >= 0.3 is 0 Å². The van der Waals surface area contributed by atoms with Crippen molar-refractivity contribution in [3.05, 3.63) is 45.7 Å². The lowest BCUT2D eigenvalue weighted by atomic mass is 10.0. The number of halogens is 2. The highest BCUT2D eigenvalue weighted by Gasteiger charge is 2.38. The Morgan fingerprint density at radius 1 is 1.12 bits per heavy atom. The van der Waals surface area contributed by atoms with Gasteiger partial charge in [0.05, 0.1) is 44.9 Å². The maximum absolute atomic E-state index is 16.1. The van der Waals surface area contributed by atoms with Crippen LogP contribution in [0, 0.1) is 9.39 Å². The fourth-order valence-corrected chi connectivity index (χ4v) is 9.24. The number of rotatable bonds is 20. The number of fused-ring (bicyclic) bond motifs is 1. The van der Waals surface area contributed by atoms with Gasteiger partial charge < -0.3 is 23.4 Å². The summed E-state index contributed by atoms with van der Waals surface area (Å²) in [6, 6.07) is 4.42. The molecular formula is C42H67FIN7O5Si2. The van der Waals surface area contributed by atoms with Crippen LogP contribution in [-0.4, -0.2) is 96.4 Å². The second kappa shape index (κ2) is 19.4. The lowest BCUT2D eigenvalue weighted by Crippen LogP contribution is -2.42. The number of hydrogen-bond acceptors (Lipinski definition) is 9. The fourth-order valence-electron chi connectivity index (χ4n) is 6.71. The number of aryl methyl sites for hydroxylation is 1. The number of hydrogen-bond donors (Lipinski definition) is 0. The van der Waals surface area contributed by atoms with Gasteiger partial charge in [-0.05, 0) is 98.6 Å². The Balaban J connectivity index is 1.35. The summed E-state index contributed by atoms with van der Waals surface area (Å²) >= 11 is 2.36. The number of benzene rings is 1. The smallest absolute Gasteiger partial charge is 0.248 e. The van der Waals surface area contributed by atoms with Gasteiger partial charge in [-0.15, -0.1) is 5.10 Å². The Kier molecular flexibility index (Phi) is 15.5. The van der Waals surface area contributed by atoms with Gasteiger partial charge in [-0.25, -0.2) is 13.8 Å². The average molecular weight is 952 g/mol. The molecule has 3 unspecified atom stereocenters.